The minimum absolute atomic E-state index is 0.555. The molecule has 0 atom stereocenters. The van der Waals surface area contributed by atoms with Gasteiger partial charge < -0.3 is 4.98 Å². The predicted molar refractivity (Wildman–Crippen MR) is 53.5 cm³/mol. The Labute approximate surface area is 76.7 Å². The van der Waals surface area contributed by atoms with E-state index in [9.17, 15) is 0 Å². The summed E-state index contributed by atoms with van der Waals surface area (Å²) in [5.74, 6) is 0. The van der Waals surface area contributed by atoms with Gasteiger partial charge in [0.15, 0.2) is 0 Å². The topological polar surface area (TPSA) is 39.6 Å². The second-order valence-corrected chi connectivity index (χ2v) is 3.09. The molecular weight excluding hydrogens is 160 g/mol. The first-order chi connectivity index (χ1) is 6.33. The van der Waals surface area contributed by atoms with Crippen LogP contribution in [0.2, 0.25) is 0 Å². The van der Waals surface area contributed by atoms with Crippen molar-refractivity contribution in [3.8, 4) is 0 Å². The van der Waals surface area contributed by atoms with Gasteiger partial charge in [-0.25, -0.2) is 0 Å². The van der Waals surface area contributed by atoms with Gasteiger partial charge in [0.25, 0.3) is 0 Å². The van der Waals surface area contributed by atoms with Crippen molar-refractivity contribution in [2.45, 2.75) is 13.3 Å². The highest BCUT2D eigenvalue weighted by molar-refractivity contribution is 5.81. The summed E-state index contributed by atoms with van der Waals surface area (Å²) < 4.78 is 0. The number of hydrogen-bond acceptors (Lipinski definition) is 1. The maximum absolute atomic E-state index is 7.74. The molecule has 0 unspecified atom stereocenters. The molecule has 2 N–H and O–H groups in total. The summed E-state index contributed by atoms with van der Waals surface area (Å²) >= 11 is 0. The van der Waals surface area contributed by atoms with E-state index in [4.69, 9.17) is 5.41 Å². The molecule has 0 aliphatic carbocycles. The summed E-state index contributed by atoms with van der Waals surface area (Å²) in [6, 6.07) is 7.74. The van der Waals surface area contributed by atoms with Gasteiger partial charge in [-0.2, -0.15) is 0 Å². The molecule has 1 heterocycles. The van der Waals surface area contributed by atoms with Gasteiger partial charge in [0.2, 0.25) is 0 Å². The molecule has 13 heavy (non-hydrogen) atoms. The molecule has 0 aliphatic heterocycles. The molecule has 0 saturated carbocycles. The monoisotopic (exact) mass is 172 g/mol. The molecular formula is C11H12N2. The van der Waals surface area contributed by atoms with E-state index >= 15 is 0 Å². The van der Waals surface area contributed by atoms with E-state index < -0.39 is 0 Å². The van der Waals surface area contributed by atoms with E-state index in [1.165, 1.54) is 5.56 Å². The van der Waals surface area contributed by atoms with Crippen molar-refractivity contribution in [2.24, 2.45) is 0 Å². The Morgan fingerprint density at radius 1 is 1.31 bits per heavy atom. The second-order valence-electron chi connectivity index (χ2n) is 3.09. The molecule has 0 fully saturated rings. The molecule has 0 radical (unpaired) electrons. The Hall–Kier alpha value is -1.57. The quantitative estimate of drug-likeness (QED) is 0.662. The number of nitrogens with one attached hydrogen (secondary N) is 2. The Morgan fingerprint density at radius 2 is 2.08 bits per heavy atom. The van der Waals surface area contributed by atoms with Crippen molar-refractivity contribution >= 4 is 10.9 Å². The number of aromatic nitrogens is 1. The highest BCUT2D eigenvalue weighted by atomic mass is 14.7. The zero-order chi connectivity index (χ0) is 9.26. The number of H-pyrrole nitrogens is 1. The van der Waals surface area contributed by atoms with Gasteiger partial charge in [-0.3, -0.25) is 5.41 Å². The first kappa shape index (κ1) is 8.05. The Kier molecular flexibility index (Phi) is 1.89. The largest absolute Gasteiger partial charge is 0.359 e. The van der Waals surface area contributed by atoms with Gasteiger partial charge in [0.1, 0.15) is 0 Å². The molecule has 2 heteroatoms. The fraction of sp³-hybridized carbons (Fsp3) is 0.182. The van der Waals surface area contributed by atoms with Crippen LogP contribution in [0.15, 0.2) is 30.5 Å². The molecule has 0 spiro atoms. The van der Waals surface area contributed by atoms with E-state index in [1.807, 2.05) is 18.3 Å². The third-order valence-corrected chi connectivity index (χ3v) is 2.29. The van der Waals surface area contributed by atoms with E-state index in [0.717, 1.165) is 17.3 Å². The van der Waals surface area contributed by atoms with Crippen LogP contribution in [-0.4, -0.2) is 4.98 Å². The standard InChI is InChI=1S/C11H12N2/c1-2-8-7-13-11-9(8)5-3-4-6-10(11)12/h3-7,12-13H,2H2,1H3. The van der Waals surface area contributed by atoms with Crippen LogP contribution in [0.5, 0.6) is 0 Å². The lowest BCUT2D eigenvalue weighted by molar-refractivity contribution is 1.15. The van der Waals surface area contributed by atoms with Gasteiger partial charge in [-0.1, -0.05) is 25.1 Å². The summed E-state index contributed by atoms with van der Waals surface area (Å²) in [6.45, 7) is 2.12. The highest BCUT2D eigenvalue weighted by Gasteiger charge is 1.99. The van der Waals surface area contributed by atoms with E-state index in [0.29, 0.717) is 5.36 Å². The van der Waals surface area contributed by atoms with Gasteiger partial charge >= 0.3 is 0 Å². The zero-order valence-corrected chi connectivity index (χ0v) is 7.59. The molecule has 66 valence electrons. The molecule has 0 amide bonds. The molecule has 2 aromatic rings. The summed E-state index contributed by atoms with van der Waals surface area (Å²) in [7, 11) is 0. The average Bonchev–Trinajstić information content (AvgIpc) is 2.47. The fourth-order valence-corrected chi connectivity index (χ4v) is 1.57. The van der Waals surface area contributed by atoms with E-state index in [1.54, 1.807) is 6.07 Å². The SMILES string of the molecule is CCc1c[nH]c2c(=N)ccccc12. The molecule has 0 aliphatic rings. The zero-order valence-electron chi connectivity index (χ0n) is 7.59. The number of aromatic amines is 1. The number of rotatable bonds is 1. The summed E-state index contributed by atoms with van der Waals surface area (Å²) in [4.78, 5) is 3.14. The first-order valence-corrected chi connectivity index (χ1v) is 4.47. The average molecular weight is 172 g/mol. The van der Waals surface area contributed by atoms with Crippen molar-refractivity contribution < 1.29 is 0 Å². The van der Waals surface area contributed by atoms with Crippen LogP contribution in [0, 0.1) is 5.41 Å². The minimum Gasteiger partial charge on any atom is -0.359 e. The summed E-state index contributed by atoms with van der Waals surface area (Å²) in [6.07, 6.45) is 2.99. The van der Waals surface area contributed by atoms with Crippen LogP contribution >= 0.6 is 0 Å². The van der Waals surface area contributed by atoms with Crippen molar-refractivity contribution in [3.63, 3.8) is 0 Å². The van der Waals surface area contributed by atoms with Gasteiger partial charge in [0, 0.05) is 11.6 Å². The van der Waals surface area contributed by atoms with E-state index in [2.05, 4.69) is 18.0 Å². The normalized spacial score (nSPS) is 10.5. The van der Waals surface area contributed by atoms with Crippen LogP contribution in [0.3, 0.4) is 0 Å². The molecule has 2 rings (SSSR count). The van der Waals surface area contributed by atoms with Crippen LogP contribution < -0.4 is 5.36 Å². The van der Waals surface area contributed by atoms with Crippen LogP contribution in [-0.2, 0) is 6.42 Å². The lowest BCUT2D eigenvalue weighted by atomic mass is 10.2. The van der Waals surface area contributed by atoms with Crippen molar-refractivity contribution in [1.29, 1.82) is 5.41 Å². The molecule has 0 bridgehead atoms. The number of fused-ring (bicyclic) bond motifs is 1. The lowest BCUT2D eigenvalue weighted by Crippen LogP contribution is -1.94. The highest BCUT2D eigenvalue weighted by Crippen LogP contribution is 2.13. The van der Waals surface area contributed by atoms with Gasteiger partial charge in [-0.05, 0) is 18.1 Å². The third kappa shape index (κ3) is 1.24. The van der Waals surface area contributed by atoms with E-state index in [-0.39, 0.29) is 0 Å². The molecule has 1 aromatic heterocycles. The number of hydrogen-bond donors (Lipinski definition) is 2. The molecule has 1 aromatic carbocycles. The third-order valence-electron chi connectivity index (χ3n) is 2.29. The Balaban J connectivity index is 2.94. The summed E-state index contributed by atoms with van der Waals surface area (Å²) in [5, 5.41) is 9.46. The fourth-order valence-electron chi connectivity index (χ4n) is 1.57. The van der Waals surface area contributed by atoms with Gasteiger partial charge in [0.05, 0.1) is 10.9 Å². The smallest absolute Gasteiger partial charge is 0.0780 e. The lowest BCUT2D eigenvalue weighted by Gasteiger charge is -1.87. The predicted octanol–water partition coefficient (Wildman–Crippen LogP) is 2.21. The second kappa shape index (κ2) is 3.05. The van der Waals surface area contributed by atoms with Crippen molar-refractivity contribution in [2.75, 3.05) is 0 Å². The molecule has 0 saturated heterocycles. The maximum atomic E-state index is 7.74. The number of aryl methyl sites for hydroxylation is 1. The van der Waals surface area contributed by atoms with Crippen LogP contribution in [0.4, 0.5) is 0 Å². The van der Waals surface area contributed by atoms with Crippen molar-refractivity contribution in [3.05, 3.63) is 41.4 Å². The maximum Gasteiger partial charge on any atom is 0.0780 e. The van der Waals surface area contributed by atoms with Crippen molar-refractivity contribution in [1.82, 2.24) is 4.98 Å². The summed E-state index contributed by atoms with van der Waals surface area (Å²) in [5.41, 5.74) is 2.21. The minimum atomic E-state index is 0.555. The first-order valence-electron chi connectivity index (χ1n) is 4.47. The Bertz CT molecular complexity index is 483. The molecule has 2 nitrogen and oxygen atoms in total. The van der Waals surface area contributed by atoms with Crippen LogP contribution in [0.1, 0.15) is 12.5 Å². The van der Waals surface area contributed by atoms with Crippen LogP contribution in [0.25, 0.3) is 10.9 Å². The van der Waals surface area contributed by atoms with Gasteiger partial charge in [-0.15, -0.1) is 0 Å². The Morgan fingerprint density at radius 3 is 2.85 bits per heavy atom.